The van der Waals surface area contributed by atoms with E-state index in [1.165, 1.54) is 148 Å². The molecular weight excluding hydrogens is 1130 g/mol. The summed E-state index contributed by atoms with van der Waals surface area (Å²) < 4.78 is 68.1. The molecule has 3 N–H and O–H groups in total. The standard InChI is InChI=1S/C66H128O17P2/c1-7-10-12-14-16-18-20-25-31-37-43-49-64(69)77-54-61(82-65(70)50-44-38-32-26-22-21-23-29-35-41-47-59(6)9-3)56-80-84(72,73)78-52-60(67)53-79-85(74,75)81-57-62(83-66(71)51-45-39-33-27-28-34-40-46-58(4)5)55-76-63(68)48-42-36-30-24-19-17-15-13-11-8-2/h58-62,67H,7-57H2,1-6H3,(H,72,73)(H,74,75)/t59?,60-,61-,62-/m1/s1. The Labute approximate surface area is 517 Å². The van der Waals surface area contributed by atoms with Crippen molar-refractivity contribution in [2.75, 3.05) is 39.6 Å². The van der Waals surface area contributed by atoms with Gasteiger partial charge in [-0.05, 0) is 37.5 Å². The Morgan fingerprint density at radius 3 is 0.894 bits per heavy atom. The van der Waals surface area contributed by atoms with Crippen molar-refractivity contribution in [1.82, 2.24) is 0 Å². The van der Waals surface area contributed by atoms with Crippen molar-refractivity contribution >= 4 is 39.5 Å². The molecule has 0 aliphatic carbocycles. The minimum absolute atomic E-state index is 0.103. The summed E-state index contributed by atoms with van der Waals surface area (Å²) in [5, 5.41) is 10.5. The maximum atomic E-state index is 13.0. The molecule has 0 bridgehead atoms. The van der Waals surface area contributed by atoms with Crippen LogP contribution in [-0.4, -0.2) is 96.7 Å². The molecule has 0 aromatic carbocycles. The van der Waals surface area contributed by atoms with Crippen LogP contribution in [0.15, 0.2) is 0 Å². The van der Waals surface area contributed by atoms with Gasteiger partial charge in [0.15, 0.2) is 12.2 Å². The van der Waals surface area contributed by atoms with E-state index in [0.717, 1.165) is 95.8 Å². The molecular formula is C66H128O17P2. The molecule has 0 saturated heterocycles. The van der Waals surface area contributed by atoms with Gasteiger partial charge >= 0.3 is 39.5 Å². The third-order valence-corrected chi connectivity index (χ3v) is 17.5. The zero-order valence-electron chi connectivity index (χ0n) is 54.9. The molecule has 0 heterocycles. The fourth-order valence-corrected chi connectivity index (χ4v) is 11.4. The molecule has 0 aromatic heterocycles. The number of unbranched alkanes of at least 4 members (excludes halogenated alkanes) is 34. The largest absolute Gasteiger partial charge is 0.472 e. The van der Waals surface area contributed by atoms with E-state index in [-0.39, 0.29) is 25.7 Å². The lowest BCUT2D eigenvalue weighted by molar-refractivity contribution is -0.161. The normalized spacial score (nSPS) is 14.6. The van der Waals surface area contributed by atoms with Crippen LogP contribution in [0.25, 0.3) is 0 Å². The van der Waals surface area contributed by atoms with E-state index >= 15 is 0 Å². The van der Waals surface area contributed by atoms with Crippen LogP contribution < -0.4 is 0 Å². The van der Waals surface area contributed by atoms with Gasteiger partial charge in [-0.15, -0.1) is 0 Å². The Kier molecular flexibility index (Phi) is 57.1. The molecule has 504 valence electrons. The van der Waals surface area contributed by atoms with Crippen molar-refractivity contribution < 1.29 is 80.2 Å². The molecule has 0 amide bonds. The van der Waals surface area contributed by atoms with Crippen LogP contribution in [0.4, 0.5) is 0 Å². The van der Waals surface area contributed by atoms with E-state index in [9.17, 15) is 43.2 Å². The second-order valence-electron chi connectivity index (χ2n) is 24.6. The number of esters is 4. The summed E-state index contributed by atoms with van der Waals surface area (Å²) in [6.45, 7) is 9.46. The molecule has 6 atom stereocenters. The minimum Gasteiger partial charge on any atom is -0.462 e. The van der Waals surface area contributed by atoms with Crippen molar-refractivity contribution in [3.05, 3.63) is 0 Å². The highest BCUT2D eigenvalue weighted by atomic mass is 31.2. The molecule has 85 heavy (non-hydrogen) atoms. The Bertz CT molecular complexity index is 1670. The lowest BCUT2D eigenvalue weighted by Gasteiger charge is -2.21. The zero-order chi connectivity index (χ0) is 62.9. The fraction of sp³-hybridized carbons (Fsp3) is 0.939. The SMILES string of the molecule is CCCCCCCCCCCCCC(=O)OC[C@H](COP(=O)(O)OC[C@@H](O)COP(=O)(O)OC[C@@H](COC(=O)CCCCCCCCCCCC)OC(=O)CCCCCCCCCC(C)C)OC(=O)CCCCCCCCCCCCC(C)CC. The summed E-state index contributed by atoms with van der Waals surface area (Å²) >= 11 is 0. The van der Waals surface area contributed by atoms with Gasteiger partial charge in [-0.3, -0.25) is 37.3 Å². The smallest absolute Gasteiger partial charge is 0.462 e. The predicted octanol–water partition coefficient (Wildman–Crippen LogP) is 18.4. The van der Waals surface area contributed by atoms with Gasteiger partial charge < -0.3 is 33.8 Å². The maximum absolute atomic E-state index is 13.0. The van der Waals surface area contributed by atoms with Crippen LogP contribution in [0.1, 0.15) is 330 Å². The third kappa shape index (κ3) is 59.5. The molecule has 0 aliphatic rings. The summed E-state index contributed by atoms with van der Waals surface area (Å²) in [5.74, 6) is -0.633. The second-order valence-corrected chi connectivity index (χ2v) is 27.5. The number of hydrogen-bond donors (Lipinski definition) is 3. The van der Waals surface area contributed by atoms with Gasteiger partial charge in [0.05, 0.1) is 26.4 Å². The van der Waals surface area contributed by atoms with Gasteiger partial charge in [-0.2, -0.15) is 0 Å². The third-order valence-electron chi connectivity index (χ3n) is 15.6. The molecule has 3 unspecified atom stereocenters. The number of carbonyl (C=O) groups excluding carboxylic acids is 4. The van der Waals surface area contributed by atoms with Crippen LogP contribution in [0.3, 0.4) is 0 Å². The average Bonchev–Trinajstić information content (AvgIpc) is 3.61. The molecule has 17 nitrogen and oxygen atoms in total. The fourth-order valence-electron chi connectivity index (χ4n) is 9.85. The first-order chi connectivity index (χ1) is 40.9. The molecule has 0 aromatic rings. The lowest BCUT2D eigenvalue weighted by atomic mass is 9.99. The quantitative estimate of drug-likeness (QED) is 0.0222. The first-order valence-electron chi connectivity index (χ1n) is 34.5. The van der Waals surface area contributed by atoms with Gasteiger partial charge in [0, 0.05) is 25.7 Å². The number of aliphatic hydroxyl groups is 1. The maximum Gasteiger partial charge on any atom is 0.472 e. The number of carbonyl (C=O) groups is 4. The van der Waals surface area contributed by atoms with Crippen LogP contribution in [0.5, 0.6) is 0 Å². The van der Waals surface area contributed by atoms with E-state index in [0.29, 0.717) is 31.6 Å². The van der Waals surface area contributed by atoms with Gasteiger partial charge in [-0.1, -0.05) is 279 Å². The molecule has 0 spiro atoms. The zero-order valence-corrected chi connectivity index (χ0v) is 56.7. The molecule has 0 saturated carbocycles. The van der Waals surface area contributed by atoms with Crippen molar-refractivity contribution in [1.29, 1.82) is 0 Å². The number of ether oxygens (including phenoxy) is 4. The van der Waals surface area contributed by atoms with Gasteiger partial charge in [0.1, 0.15) is 19.3 Å². The van der Waals surface area contributed by atoms with Gasteiger partial charge in [-0.25, -0.2) is 9.13 Å². The second kappa shape index (κ2) is 58.4. The average molecular weight is 1260 g/mol. The van der Waals surface area contributed by atoms with Crippen molar-refractivity contribution in [2.45, 2.75) is 349 Å². The van der Waals surface area contributed by atoms with E-state index in [1.807, 2.05) is 0 Å². The summed E-state index contributed by atoms with van der Waals surface area (Å²) in [6, 6.07) is 0. The summed E-state index contributed by atoms with van der Waals surface area (Å²) in [7, 11) is -9.89. The molecule has 0 radical (unpaired) electrons. The van der Waals surface area contributed by atoms with E-state index < -0.39 is 97.5 Å². The van der Waals surface area contributed by atoms with Gasteiger partial charge in [0.25, 0.3) is 0 Å². The monoisotopic (exact) mass is 1250 g/mol. The Morgan fingerprint density at radius 2 is 0.600 bits per heavy atom. The number of rotatable bonds is 65. The summed E-state index contributed by atoms with van der Waals surface area (Å²) in [5.41, 5.74) is 0. The Balaban J connectivity index is 5.25. The number of aliphatic hydroxyl groups excluding tert-OH is 1. The van der Waals surface area contributed by atoms with Crippen LogP contribution in [-0.2, 0) is 65.4 Å². The summed E-state index contributed by atoms with van der Waals surface area (Å²) in [6.07, 6.45) is 41.6. The Hall–Kier alpha value is -1.94. The predicted molar refractivity (Wildman–Crippen MR) is 340 cm³/mol. The number of hydrogen-bond acceptors (Lipinski definition) is 15. The lowest BCUT2D eigenvalue weighted by Crippen LogP contribution is -2.30. The molecule has 19 heteroatoms. The van der Waals surface area contributed by atoms with Crippen molar-refractivity contribution in [3.8, 4) is 0 Å². The van der Waals surface area contributed by atoms with Crippen LogP contribution in [0, 0.1) is 11.8 Å². The number of phosphoric acid groups is 2. The molecule has 0 rings (SSSR count). The highest BCUT2D eigenvalue weighted by Gasteiger charge is 2.30. The van der Waals surface area contributed by atoms with Crippen molar-refractivity contribution in [2.24, 2.45) is 11.8 Å². The molecule has 0 fully saturated rings. The van der Waals surface area contributed by atoms with E-state index in [4.69, 9.17) is 37.0 Å². The van der Waals surface area contributed by atoms with E-state index in [1.54, 1.807) is 0 Å². The van der Waals surface area contributed by atoms with Gasteiger partial charge in [0.2, 0.25) is 0 Å². The number of phosphoric ester groups is 2. The van der Waals surface area contributed by atoms with Crippen LogP contribution >= 0.6 is 15.6 Å². The minimum atomic E-state index is -4.95. The molecule has 0 aliphatic heterocycles. The highest BCUT2D eigenvalue weighted by Crippen LogP contribution is 2.45. The topological polar surface area (TPSA) is 237 Å². The Morgan fingerprint density at radius 1 is 0.341 bits per heavy atom. The first kappa shape index (κ1) is 83.1. The highest BCUT2D eigenvalue weighted by molar-refractivity contribution is 7.47. The van der Waals surface area contributed by atoms with E-state index in [2.05, 4.69) is 41.5 Å². The van der Waals surface area contributed by atoms with Crippen molar-refractivity contribution in [3.63, 3.8) is 0 Å². The summed E-state index contributed by atoms with van der Waals surface area (Å²) in [4.78, 5) is 72.3. The first-order valence-corrected chi connectivity index (χ1v) is 37.5. The van der Waals surface area contributed by atoms with Crippen LogP contribution in [0.2, 0.25) is 0 Å².